The fourth-order valence-electron chi connectivity index (χ4n) is 2.13. The molecule has 3 N–H and O–H groups in total. The van der Waals surface area contributed by atoms with Gasteiger partial charge in [-0.2, -0.15) is 5.01 Å². The van der Waals surface area contributed by atoms with Gasteiger partial charge in [0.1, 0.15) is 17.2 Å². The van der Waals surface area contributed by atoms with Crippen molar-refractivity contribution < 1.29 is 15.3 Å². The monoisotopic (exact) mass is 261 g/mol. The Morgan fingerprint density at radius 3 is 1.44 bits per heavy atom. The molecule has 0 aromatic carbocycles. The lowest BCUT2D eigenvalue weighted by Crippen LogP contribution is -2.70. The molecule has 0 aliphatic carbocycles. The van der Waals surface area contributed by atoms with Gasteiger partial charge < -0.3 is 15.3 Å². The second kappa shape index (κ2) is 4.70. The van der Waals surface area contributed by atoms with Gasteiger partial charge in [0.05, 0.1) is 6.67 Å². The molecule has 0 atom stereocenters. The number of rotatable bonds is 3. The largest absolute Gasteiger partial charge is 0.376 e. The van der Waals surface area contributed by atoms with E-state index in [0.29, 0.717) is 19.8 Å². The molecule has 1 heterocycles. The molecule has 1 fully saturated rings. The maximum absolute atomic E-state index is 10.2. The molecule has 108 valence electrons. The maximum Gasteiger partial charge on any atom is 0.126 e. The summed E-state index contributed by atoms with van der Waals surface area (Å²) in [5.41, 5.74) is -3.11. The molecule has 0 saturated carbocycles. The summed E-state index contributed by atoms with van der Waals surface area (Å²) in [5, 5.41) is 33.8. The van der Waals surface area contributed by atoms with Crippen LogP contribution in [-0.4, -0.2) is 67.2 Å². The van der Waals surface area contributed by atoms with Crippen LogP contribution in [0.15, 0.2) is 0 Å². The summed E-state index contributed by atoms with van der Waals surface area (Å²) in [6.45, 7) is 11.7. The summed E-state index contributed by atoms with van der Waals surface area (Å²) in [6, 6.07) is 0. The van der Waals surface area contributed by atoms with Crippen LogP contribution in [0.3, 0.4) is 0 Å². The Morgan fingerprint density at radius 2 is 1.11 bits per heavy atom. The minimum Gasteiger partial charge on any atom is -0.376 e. The summed E-state index contributed by atoms with van der Waals surface area (Å²) in [7, 11) is 0. The van der Waals surface area contributed by atoms with Gasteiger partial charge in [0.2, 0.25) is 0 Å². The zero-order chi connectivity index (χ0) is 14.4. The summed E-state index contributed by atoms with van der Waals surface area (Å²) < 4.78 is 0. The normalized spacial score (nSPS) is 22.5. The smallest absolute Gasteiger partial charge is 0.126 e. The molecule has 0 amide bonds. The van der Waals surface area contributed by atoms with Crippen molar-refractivity contribution in [2.75, 3.05) is 19.8 Å². The third-order valence-electron chi connectivity index (χ3n) is 3.22. The van der Waals surface area contributed by atoms with Crippen molar-refractivity contribution in [2.24, 2.45) is 0 Å². The van der Waals surface area contributed by atoms with E-state index in [9.17, 15) is 15.3 Å². The van der Waals surface area contributed by atoms with E-state index in [1.165, 1.54) is 0 Å². The summed E-state index contributed by atoms with van der Waals surface area (Å²) in [5.74, 6) is 0. The molecular formula is C12H27N3O3. The van der Waals surface area contributed by atoms with Crippen molar-refractivity contribution in [3.63, 3.8) is 0 Å². The third kappa shape index (κ3) is 3.63. The van der Waals surface area contributed by atoms with Crippen molar-refractivity contribution in [3.8, 4) is 0 Å². The first kappa shape index (κ1) is 15.8. The van der Waals surface area contributed by atoms with E-state index in [0.717, 1.165) is 0 Å². The SMILES string of the molecule is CC(C)(O)N1CCN(C(C)(C)O)N(C(C)(C)O)C1. The van der Waals surface area contributed by atoms with Crippen molar-refractivity contribution in [1.29, 1.82) is 0 Å². The second-order valence-electron chi connectivity index (χ2n) is 6.41. The number of nitrogens with zero attached hydrogens (tertiary/aromatic N) is 3. The van der Waals surface area contributed by atoms with Crippen LogP contribution in [0.25, 0.3) is 0 Å². The highest BCUT2D eigenvalue weighted by atomic mass is 16.3. The van der Waals surface area contributed by atoms with Gasteiger partial charge in [-0.05, 0) is 41.5 Å². The van der Waals surface area contributed by atoms with Crippen molar-refractivity contribution in [1.82, 2.24) is 14.9 Å². The van der Waals surface area contributed by atoms with E-state index in [2.05, 4.69) is 0 Å². The van der Waals surface area contributed by atoms with E-state index < -0.39 is 17.2 Å². The Bertz CT molecular complexity index is 288. The number of hydrogen-bond acceptors (Lipinski definition) is 6. The van der Waals surface area contributed by atoms with Gasteiger partial charge >= 0.3 is 0 Å². The maximum atomic E-state index is 10.2. The Balaban J connectivity index is 2.94. The number of hydrazine groups is 1. The highest BCUT2D eigenvalue weighted by Crippen LogP contribution is 2.27. The average molecular weight is 261 g/mol. The van der Waals surface area contributed by atoms with Crippen LogP contribution in [0, 0.1) is 0 Å². The van der Waals surface area contributed by atoms with Gasteiger partial charge in [0.25, 0.3) is 0 Å². The van der Waals surface area contributed by atoms with Gasteiger partial charge in [0.15, 0.2) is 0 Å². The predicted molar refractivity (Wildman–Crippen MR) is 69.0 cm³/mol. The molecule has 0 unspecified atom stereocenters. The Hall–Kier alpha value is -0.240. The predicted octanol–water partition coefficient (Wildman–Crippen LogP) is -0.0363. The van der Waals surface area contributed by atoms with E-state index in [1.54, 1.807) is 51.6 Å². The zero-order valence-corrected chi connectivity index (χ0v) is 12.3. The van der Waals surface area contributed by atoms with Gasteiger partial charge in [-0.15, -0.1) is 0 Å². The molecule has 0 bridgehead atoms. The van der Waals surface area contributed by atoms with E-state index in [-0.39, 0.29) is 0 Å². The lowest BCUT2D eigenvalue weighted by Gasteiger charge is -2.54. The third-order valence-corrected chi connectivity index (χ3v) is 3.22. The summed E-state index contributed by atoms with van der Waals surface area (Å²) in [4.78, 5) is 1.85. The van der Waals surface area contributed by atoms with Crippen molar-refractivity contribution >= 4 is 0 Å². The standard InChI is InChI=1S/C12H27N3O3/c1-10(2,16)13-7-8-14(11(3,4)17)15(9-13)12(5,6)18/h16-18H,7-9H2,1-6H3. The Labute approximate surface area is 109 Å². The molecule has 6 heteroatoms. The van der Waals surface area contributed by atoms with Crippen LogP contribution in [0.1, 0.15) is 41.5 Å². The summed E-state index contributed by atoms with van der Waals surface area (Å²) >= 11 is 0. The van der Waals surface area contributed by atoms with E-state index in [1.807, 2.05) is 4.90 Å². The number of aliphatic hydroxyl groups is 3. The first-order valence-corrected chi connectivity index (χ1v) is 6.31. The fourth-order valence-corrected chi connectivity index (χ4v) is 2.13. The van der Waals surface area contributed by atoms with Gasteiger partial charge in [-0.3, -0.25) is 4.90 Å². The van der Waals surface area contributed by atoms with Gasteiger partial charge in [0, 0.05) is 13.1 Å². The molecule has 1 aliphatic heterocycles. The average Bonchev–Trinajstić information content (AvgIpc) is 2.12. The highest BCUT2D eigenvalue weighted by Gasteiger charge is 2.42. The Morgan fingerprint density at radius 1 is 0.667 bits per heavy atom. The number of hydrogen-bond donors (Lipinski definition) is 3. The minimum absolute atomic E-state index is 0.358. The Kier molecular flexibility index (Phi) is 4.13. The van der Waals surface area contributed by atoms with E-state index in [4.69, 9.17) is 0 Å². The summed E-state index contributed by atoms with van der Waals surface area (Å²) in [6.07, 6.45) is 0. The van der Waals surface area contributed by atoms with Crippen LogP contribution < -0.4 is 0 Å². The first-order chi connectivity index (χ1) is 7.83. The molecule has 0 aromatic heterocycles. The minimum atomic E-state index is -1.11. The lowest BCUT2D eigenvalue weighted by molar-refractivity contribution is -0.316. The topological polar surface area (TPSA) is 70.4 Å². The van der Waals surface area contributed by atoms with Crippen LogP contribution >= 0.6 is 0 Å². The van der Waals surface area contributed by atoms with E-state index >= 15 is 0 Å². The van der Waals surface area contributed by atoms with Gasteiger partial charge in [-0.1, -0.05) is 0 Å². The molecule has 1 aliphatic rings. The first-order valence-electron chi connectivity index (χ1n) is 6.31. The lowest BCUT2D eigenvalue weighted by atomic mass is 10.2. The second-order valence-corrected chi connectivity index (χ2v) is 6.41. The quantitative estimate of drug-likeness (QED) is 0.662. The highest BCUT2D eigenvalue weighted by molar-refractivity contribution is 4.83. The van der Waals surface area contributed by atoms with Crippen LogP contribution in [0.2, 0.25) is 0 Å². The van der Waals surface area contributed by atoms with Crippen molar-refractivity contribution in [2.45, 2.75) is 58.7 Å². The van der Waals surface area contributed by atoms with Crippen LogP contribution in [0.5, 0.6) is 0 Å². The van der Waals surface area contributed by atoms with Crippen molar-refractivity contribution in [3.05, 3.63) is 0 Å². The molecular weight excluding hydrogens is 234 g/mol. The molecule has 0 radical (unpaired) electrons. The molecule has 18 heavy (non-hydrogen) atoms. The molecule has 0 spiro atoms. The molecule has 0 aromatic rings. The van der Waals surface area contributed by atoms with Gasteiger partial charge in [-0.25, -0.2) is 5.01 Å². The molecule has 6 nitrogen and oxygen atoms in total. The zero-order valence-electron chi connectivity index (χ0n) is 12.3. The van der Waals surface area contributed by atoms with Crippen LogP contribution in [0.4, 0.5) is 0 Å². The van der Waals surface area contributed by atoms with Crippen LogP contribution in [-0.2, 0) is 0 Å². The fraction of sp³-hybridized carbons (Fsp3) is 1.00. The molecule has 1 saturated heterocycles. The molecule has 1 rings (SSSR count).